The molecule has 0 atom stereocenters. The molecule has 0 saturated carbocycles. The molecule has 3 nitrogen and oxygen atoms in total. The van der Waals surface area contributed by atoms with Crippen LogP contribution < -0.4 is 5.32 Å². The quantitative estimate of drug-likeness (QED) is 0.873. The second-order valence-electron chi connectivity index (χ2n) is 4.68. The first-order valence-corrected chi connectivity index (χ1v) is 7.32. The van der Waals surface area contributed by atoms with Gasteiger partial charge in [0.15, 0.2) is 0 Å². The predicted molar refractivity (Wildman–Crippen MR) is 85.7 cm³/mol. The standard InChI is InChI=1S/C15H17Cl2N3/c1-4-5-18-15-9(2)14(19-10(3)20-15)11-6-12(16)8-13(17)7-11/h6-8H,4-5H2,1-3H3,(H,18,19,20). The first kappa shape index (κ1) is 15.1. The average molecular weight is 310 g/mol. The summed E-state index contributed by atoms with van der Waals surface area (Å²) >= 11 is 12.1. The van der Waals surface area contributed by atoms with E-state index < -0.39 is 0 Å². The number of hydrogen-bond acceptors (Lipinski definition) is 3. The third kappa shape index (κ3) is 3.41. The van der Waals surface area contributed by atoms with Crippen molar-refractivity contribution < 1.29 is 0 Å². The van der Waals surface area contributed by atoms with Gasteiger partial charge in [0.2, 0.25) is 0 Å². The van der Waals surface area contributed by atoms with E-state index in [1.54, 1.807) is 6.07 Å². The molecule has 0 spiro atoms. The molecule has 20 heavy (non-hydrogen) atoms. The summed E-state index contributed by atoms with van der Waals surface area (Å²) in [5, 5.41) is 4.53. The molecule has 1 N–H and O–H groups in total. The molecule has 0 radical (unpaired) electrons. The maximum Gasteiger partial charge on any atom is 0.133 e. The summed E-state index contributed by atoms with van der Waals surface area (Å²) in [5.74, 6) is 1.59. The van der Waals surface area contributed by atoms with Gasteiger partial charge in [0.05, 0.1) is 5.69 Å². The van der Waals surface area contributed by atoms with E-state index in [-0.39, 0.29) is 0 Å². The number of anilines is 1. The van der Waals surface area contributed by atoms with Gasteiger partial charge in [-0.15, -0.1) is 0 Å². The van der Waals surface area contributed by atoms with Gasteiger partial charge in [-0.3, -0.25) is 0 Å². The highest BCUT2D eigenvalue weighted by atomic mass is 35.5. The summed E-state index contributed by atoms with van der Waals surface area (Å²) < 4.78 is 0. The fourth-order valence-corrected chi connectivity index (χ4v) is 2.54. The summed E-state index contributed by atoms with van der Waals surface area (Å²) in [7, 11) is 0. The lowest BCUT2D eigenvalue weighted by atomic mass is 10.1. The fraction of sp³-hybridized carbons (Fsp3) is 0.333. The molecule has 0 saturated heterocycles. The summed E-state index contributed by atoms with van der Waals surface area (Å²) in [5.41, 5.74) is 2.77. The molecule has 2 aromatic rings. The van der Waals surface area contributed by atoms with Crippen molar-refractivity contribution in [2.45, 2.75) is 27.2 Å². The fourth-order valence-electron chi connectivity index (χ4n) is 2.02. The molecule has 5 heteroatoms. The molecule has 2 rings (SSSR count). The number of hydrogen-bond donors (Lipinski definition) is 1. The highest BCUT2D eigenvalue weighted by Crippen LogP contribution is 2.30. The first-order chi connectivity index (χ1) is 9.51. The monoisotopic (exact) mass is 309 g/mol. The summed E-state index contributed by atoms with van der Waals surface area (Å²) in [6, 6.07) is 5.45. The van der Waals surface area contributed by atoms with E-state index in [9.17, 15) is 0 Å². The van der Waals surface area contributed by atoms with Crippen LogP contribution in [0.1, 0.15) is 24.7 Å². The molecular formula is C15H17Cl2N3. The van der Waals surface area contributed by atoms with Gasteiger partial charge in [-0.1, -0.05) is 30.1 Å². The van der Waals surface area contributed by atoms with Crippen molar-refractivity contribution in [1.82, 2.24) is 9.97 Å². The minimum atomic E-state index is 0.603. The van der Waals surface area contributed by atoms with Gasteiger partial charge >= 0.3 is 0 Å². The van der Waals surface area contributed by atoms with Crippen LogP contribution in [0.2, 0.25) is 10.0 Å². The normalized spacial score (nSPS) is 10.7. The molecule has 1 aromatic carbocycles. The van der Waals surface area contributed by atoms with Gasteiger partial charge < -0.3 is 5.32 Å². The lowest BCUT2D eigenvalue weighted by molar-refractivity contribution is 0.948. The zero-order valence-corrected chi connectivity index (χ0v) is 13.3. The molecule has 0 unspecified atom stereocenters. The van der Waals surface area contributed by atoms with E-state index in [2.05, 4.69) is 22.2 Å². The zero-order chi connectivity index (χ0) is 14.7. The van der Waals surface area contributed by atoms with E-state index in [1.165, 1.54) is 0 Å². The van der Waals surface area contributed by atoms with E-state index in [4.69, 9.17) is 23.2 Å². The van der Waals surface area contributed by atoms with Crippen LogP contribution in [0.3, 0.4) is 0 Å². The van der Waals surface area contributed by atoms with Crippen LogP contribution in [0.4, 0.5) is 5.82 Å². The number of rotatable bonds is 4. The Labute approximate surface area is 129 Å². The summed E-state index contributed by atoms with van der Waals surface area (Å²) in [4.78, 5) is 8.98. The number of aromatic nitrogens is 2. The van der Waals surface area contributed by atoms with Crippen LogP contribution in [0.25, 0.3) is 11.3 Å². The Kier molecular flexibility index (Phi) is 4.84. The second-order valence-corrected chi connectivity index (χ2v) is 5.55. The smallest absolute Gasteiger partial charge is 0.133 e. The van der Waals surface area contributed by atoms with Crippen molar-refractivity contribution in [3.05, 3.63) is 39.6 Å². The Balaban J connectivity index is 2.52. The second kappa shape index (κ2) is 6.42. The Bertz CT molecular complexity index is 607. The van der Waals surface area contributed by atoms with Gasteiger partial charge in [0.1, 0.15) is 11.6 Å². The number of nitrogens with one attached hydrogen (secondary N) is 1. The van der Waals surface area contributed by atoms with Crippen molar-refractivity contribution >= 4 is 29.0 Å². The molecule has 106 valence electrons. The van der Waals surface area contributed by atoms with E-state index >= 15 is 0 Å². The van der Waals surface area contributed by atoms with Crippen molar-refractivity contribution in [1.29, 1.82) is 0 Å². The topological polar surface area (TPSA) is 37.8 Å². The van der Waals surface area contributed by atoms with Gasteiger partial charge in [0, 0.05) is 27.7 Å². The molecule has 0 aliphatic carbocycles. The van der Waals surface area contributed by atoms with Crippen molar-refractivity contribution in [2.24, 2.45) is 0 Å². The largest absolute Gasteiger partial charge is 0.370 e. The van der Waals surface area contributed by atoms with Crippen molar-refractivity contribution in [3.8, 4) is 11.3 Å². The molecule has 0 aliphatic heterocycles. The highest BCUT2D eigenvalue weighted by Gasteiger charge is 2.12. The van der Waals surface area contributed by atoms with E-state index in [0.717, 1.165) is 41.4 Å². The van der Waals surface area contributed by atoms with Crippen LogP contribution in [0.15, 0.2) is 18.2 Å². The van der Waals surface area contributed by atoms with E-state index in [1.807, 2.05) is 26.0 Å². The van der Waals surface area contributed by atoms with Gasteiger partial charge in [0.25, 0.3) is 0 Å². The number of aryl methyl sites for hydroxylation is 1. The number of halogens is 2. The third-order valence-electron chi connectivity index (χ3n) is 2.94. The van der Waals surface area contributed by atoms with Gasteiger partial charge in [-0.2, -0.15) is 0 Å². The minimum absolute atomic E-state index is 0.603. The molecule has 0 fully saturated rings. The Morgan fingerprint density at radius 3 is 2.30 bits per heavy atom. The molecular weight excluding hydrogens is 293 g/mol. The summed E-state index contributed by atoms with van der Waals surface area (Å²) in [6.45, 7) is 6.88. The lowest BCUT2D eigenvalue weighted by Gasteiger charge is -2.13. The van der Waals surface area contributed by atoms with Crippen LogP contribution in [0.5, 0.6) is 0 Å². The average Bonchev–Trinajstić information content (AvgIpc) is 2.38. The molecule has 0 bridgehead atoms. The predicted octanol–water partition coefficient (Wildman–Crippen LogP) is 4.89. The SMILES string of the molecule is CCCNc1nc(C)nc(-c2cc(Cl)cc(Cl)c2)c1C. The molecule has 0 aliphatic rings. The zero-order valence-electron chi connectivity index (χ0n) is 11.8. The lowest BCUT2D eigenvalue weighted by Crippen LogP contribution is -2.07. The minimum Gasteiger partial charge on any atom is -0.370 e. The van der Waals surface area contributed by atoms with Crippen molar-refractivity contribution in [2.75, 3.05) is 11.9 Å². The van der Waals surface area contributed by atoms with Crippen LogP contribution in [-0.4, -0.2) is 16.5 Å². The Morgan fingerprint density at radius 1 is 1.05 bits per heavy atom. The Hall–Kier alpha value is -1.32. The van der Waals surface area contributed by atoms with Crippen molar-refractivity contribution in [3.63, 3.8) is 0 Å². The maximum atomic E-state index is 6.07. The van der Waals surface area contributed by atoms with Gasteiger partial charge in [-0.05, 0) is 38.5 Å². The first-order valence-electron chi connectivity index (χ1n) is 6.57. The Morgan fingerprint density at radius 2 is 1.70 bits per heavy atom. The number of benzene rings is 1. The molecule has 1 heterocycles. The molecule has 0 amide bonds. The summed E-state index contributed by atoms with van der Waals surface area (Å²) in [6.07, 6.45) is 1.04. The third-order valence-corrected chi connectivity index (χ3v) is 3.37. The van der Waals surface area contributed by atoms with Crippen LogP contribution >= 0.6 is 23.2 Å². The highest BCUT2D eigenvalue weighted by molar-refractivity contribution is 6.35. The number of nitrogens with zero attached hydrogens (tertiary/aromatic N) is 2. The van der Waals surface area contributed by atoms with Crippen LogP contribution in [0, 0.1) is 13.8 Å². The molecule has 1 aromatic heterocycles. The van der Waals surface area contributed by atoms with Crippen LogP contribution in [-0.2, 0) is 0 Å². The van der Waals surface area contributed by atoms with Gasteiger partial charge in [-0.25, -0.2) is 9.97 Å². The van der Waals surface area contributed by atoms with E-state index in [0.29, 0.717) is 10.0 Å². The maximum absolute atomic E-state index is 6.07.